The van der Waals surface area contributed by atoms with Gasteiger partial charge in [0.05, 0.1) is 0 Å². The largest absolute Gasteiger partial charge is 0.379 e. The molecule has 0 N–H and O–H groups in total. The molecular weight excluding hydrogens is 300 g/mol. The van der Waals surface area contributed by atoms with Gasteiger partial charge in [-0.25, -0.2) is 0 Å². The molecule has 3 rings (SSSR count). The fourth-order valence-electron chi connectivity index (χ4n) is 2.55. The molecule has 0 fully saturated rings. The summed E-state index contributed by atoms with van der Waals surface area (Å²) in [6, 6.07) is 11.3. The highest BCUT2D eigenvalue weighted by Gasteiger charge is 2.20. The summed E-state index contributed by atoms with van der Waals surface area (Å²) in [5, 5.41) is 0. The number of benzene rings is 2. The number of carbonyl (C=O) groups is 1. The predicted octanol–water partition coefficient (Wildman–Crippen LogP) is 3.28. The van der Waals surface area contributed by atoms with Crippen LogP contribution in [0.15, 0.2) is 47.4 Å². The number of carbonyl (C=O) groups excluding carboxylic acids is 1. The minimum absolute atomic E-state index is 0.106. The third-order valence-electron chi connectivity index (χ3n) is 3.74. The van der Waals surface area contributed by atoms with E-state index in [2.05, 4.69) is 0 Å². The van der Waals surface area contributed by atoms with Crippen LogP contribution in [0.25, 0.3) is 0 Å². The van der Waals surface area contributed by atoms with Gasteiger partial charge in [0, 0.05) is 12.0 Å². The topological polar surface area (TPSA) is 60.4 Å². The van der Waals surface area contributed by atoms with E-state index in [9.17, 15) is 13.2 Å². The minimum Gasteiger partial charge on any atom is -0.379 e. The lowest BCUT2D eigenvalue weighted by atomic mass is 9.91. The highest BCUT2D eigenvalue weighted by Crippen LogP contribution is 2.27. The second-order valence-electron chi connectivity index (χ2n) is 5.45. The van der Waals surface area contributed by atoms with Crippen LogP contribution in [0, 0.1) is 6.92 Å². The molecule has 0 unspecified atom stereocenters. The summed E-state index contributed by atoms with van der Waals surface area (Å²) >= 11 is 0. The van der Waals surface area contributed by atoms with Gasteiger partial charge < -0.3 is 4.18 Å². The lowest BCUT2D eigenvalue weighted by molar-refractivity contribution is 0.0972. The van der Waals surface area contributed by atoms with Crippen molar-refractivity contribution in [2.24, 2.45) is 0 Å². The molecule has 0 saturated heterocycles. The number of rotatable bonds is 3. The molecule has 0 aromatic heterocycles. The molecule has 0 amide bonds. The van der Waals surface area contributed by atoms with E-state index >= 15 is 0 Å². The average molecular weight is 316 g/mol. The molecule has 1 aliphatic carbocycles. The maximum absolute atomic E-state index is 12.3. The second-order valence-corrected chi connectivity index (χ2v) is 6.99. The maximum Gasteiger partial charge on any atom is 0.339 e. The molecule has 0 saturated carbocycles. The van der Waals surface area contributed by atoms with Gasteiger partial charge in [-0.05, 0) is 55.7 Å². The molecule has 0 spiro atoms. The molecule has 114 valence electrons. The second kappa shape index (κ2) is 5.57. The van der Waals surface area contributed by atoms with E-state index in [1.165, 1.54) is 18.2 Å². The van der Waals surface area contributed by atoms with Crippen molar-refractivity contribution in [1.29, 1.82) is 0 Å². The van der Waals surface area contributed by atoms with Crippen LogP contribution in [0.5, 0.6) is 5.75 Å². The fourth-order valence-corrected chi connectivity index (χ4v) is 3.48. The normalized spacial score (nSPS) is 14.5. The zero-order valence-electron chi connectivity index (χ0n) is 12.2. The third kappa shape index (κ3) is 2.90. The quantitative estimate of drug-likeness (QED) is 0.815. The van der Waals surface area contributed by atoms with Crippen LogP contribution in [0.3, 0.4) is 0 Å². The van der Waals surface area contributed by atoms with E-state index in [1.807, 2.05) is 6.92 Å². The van der Waals surface area contributed by atoms with Gasteiger partial charge in [-0.15, -0.1) is 0 Å². The van der Waals surface area contributed by atoms with Crippen LogP contribution < -0.4 is 4.18 Å². The summed E-state index contributed by atoms with van der Waals surface area (Å²) in [6.45, 7) is 1.89. The summed E-state index contributed by atoms with van der Waals surface area (Å²) in [5.41, 5.74) is 2.51. The van der Waals surface area contributed by atoms with Crippen LogP contribution in [-0.2, 0) is 16.5 Å². The summed E-state index contributed by atoms with van der Waals surface area (Å²) in [6.07, 6.45) is 2.11. The van der Waals surface area contributed by atoms with E-state index in [4.69, 9.17) is 4.18 Å². The number of fused-ring (bicyclic) bond motifs is 1. The van der Waals surface area contributed by atoms with Gasteiger partial charge in [0.2, 0.25) is 0 Å². The first-order chi connectivity index (χ1) is 10.5. The van der Waals surface area contributed by atoms with Crippen molar-refractivity contribution in [3.05, 3.63) is 59.2 Å². The third-order valence-corrected chi connectivity index (χ3v) is 5.00. The van der Waals surface area contributed by atoms with Gasteiger partial charge in [-0.3, -0.25) is 4.79 Å². The molecule has 0 aliphatic heterocycles. The fraction of sp³-hybridized carbons (Fsp3) is 0.235. The van der Waals surface area contributed by atoms with Crippen molar-refractivity contribution in [2.45, 2.75) is 31.1 Å². The highest BCUT2D eigenvalue weighted by molar-refractivity contribution is 7.87. The van der Waals surface area contributed by atoms with Crippen molar-refractivity contribution in [3.8, 4) is 5.75 Å². The van der Waals surface area contributed by atoms with Crippen LogP contribution >= 0.6 is 0 Å². The molecular formula is C17H16O4S. The van der Waals surface area contributed by atoms with Crippen molar-refractivity contribution < 1.29 is 17.4 Å². The van der Waals surface area contributed by atoms with Gasteiger partial charge in [-0.1, -0.05) is 17.7 Å². The number of hydrogen-bond donors (Lipinski definition) is 0. The number of ketones is 1. The highest BCUT2D eigenvalue weighted by atomic mass is 32.2. The van der Waals surface area contributed by atoms with E-state index in [1.54, 1.807) is 24.3 Å². The van der Waals surface area contributed by atoms with Crippen LogP contribution in [0.2, 0.25) is 0 Å². The molecule has 1 aliphatic rings. The lowest BCUT2D eigenvalue weighted by Crippen LogP contribution is -2.13. The van der Waals surface area contributed by atoms with Crippen molar-refractivity contribution in [2.75, 3.05) is 0 Å². The lowest BCUT2D eigenvalue weighted by Gasteiger charge is -2.15. The Morgan fingerprint density at radius 2 is 1.73 bits per heavy atom. The summed E-state index contributed by atoms with van der Waals surface area (Å²) < 4.78 is 29.7. The van der Waals surface area contributed by atoms with Gasteiger partial charge in [0.25, 0.3) is 0 Å². The Kier molecular flexibility index (Phi) is 3.74. The molecule has 5 heteroatoms. The Balaban J connectivity index is 1.89. The Bertz CT molecular complexity index is 820. The van der Waals surface area contributed by atoms with Crippen LogP contribution in [0.4, 0.5) is 0 Å². The number of aryl methyl sites for hydroxylation is 2. The Morgan fingerprint density at radius 1 is 1.00 bits per heavy atom. The number of Topliss-reactive ketones (excluding diaryl/α,β-unsaturated/α-hetero) is 1. The molecule has 4 nitrogen and oxygen atoms in total. The average Bonchev–Trinajstić information content (AvgIpc) is 2.47. The first kappa shape index (κ1) is 14.8. The molecule has 22 heavy (non-hydrogen) atoms. The summed E-state index contributed by atoms with van der Waals surface area (Å²) in [4.78, 5) is 11.9. The van der Waals surface area contributed by atoms with E-state index in [0.717, 1.165) is 24.0 Å². The molecule has 0 atom stereocenters. The first-order valence-corrected chi connectivity index (χ1v) is 8.54. The number of hydrogen-bond acceptors (Lipinski definition) is 4. The maximum atomic E-state index is 12.3. The molecule has 2 aromatic rings. The van der Waals surface area contributed by atoms with Crippen LogP contribution in [0.1, 0.15) is 34.3 Å². The Labute approximate surface area is 129 Å². The zero-order chi connectivity index (χ0) is 15.7. The van der Waals surface area contributed by atoms with Crippen molar-refractivity contribution in [1.82, 2.24) is 0 Å². The van der Waals surface area contributed by atoms with Crippen LogP contribution in [-0.4, -0.2) is 14.2 Å². The predicted molar refractivity (Wildman–Crippen MR) is 82.7 cm³/mol. The summed E-state index contributed by atoms with van der Waals surface area (Å²) in [5.74, 6) is 0.350. The molecule has 0 heterocycles. The van der Waals surface area contributed by atoms with E-state index < -0.39 is 10.1 Å². The minimum atomic E-state index is -3.86. The van der Waals surface area contributed by atoms with Gasteiger partial charge in [0.1, 0.15) is 10.6 Å². The molecule has 0 bridgehead atoms. The van der Waals surface area contributed by atoms with E-state index in [-0.39, 0.29) is 16.4 Å². The standard InChI is InChI=1S/C17H16O4S/c1-12-5-8-15(9-6-12)22(19,20)21-14-7-10-16-13(11-14)3-2-4-17(16)18/h5-11H,2-4H2,1H3. The SMILES string of the molecule is Cc1ccc(S(=O)(=O)Oc2ccc3c(c2)CCCC3=O)cc1. The zero-order valence-corrected chi connectivity index (χ0v) is 13.0. The monoisotopic (exact) mass is 316 g/mol. The summed E-state index contributed by atoms with van der Waals surface area (Å²) in [7, 11) is -3.86. The molecule has 2 aromatic carbocycles. The van der Waals surface area contributed by atoms with Gasteiger partial charge >= 0.3 is 10.1 Å². The molecule has 0 radical (unpaired) electrons. The van der Waals surface area contributed by atoms with Crippen molar-refractivity contribution >= 4 is 15.9 Å². The van der Waals surface area contributed by atoms with Gasteiger partial charge in [0.15, 0.2) is 5.78 Å². The first-order valence-electron chi connectivity index (χ1n) is 7.13. The van der Waals surface area contributed by atoms with Crippen molar-refractivity contribution in [3.63, 3.8) is 0 Å². The smallest absolute Gasteiger partial charge is 0.339 e. The van der Waals surface area contributed by atoms with E-state index in [0.29, 0.717) is 12.0 Å². The van der Waals surface area contributed by atoms with Gasteiger partial charge in [-0.2, -0.15) is 8.42 Å². The Morgan fingerprint density at radius 3 is 2.45 bits per heavy atom. The Hall–Kier alpha value is -2.14.